The zero-order valence-corrected chi connectivity index (χ0v) is 17.6. The van der Waals surface area contributed by atoms with Gasteiger partial charge in [0.15, 0.2) is 0 Å². The summed E-state index contributed by atoms with van der Waals surface area (Å²) in [6.07, 6.45) is -2.67. The fraction of sp³-hybridized carbons (Fsp3) is 0.778. The lowest BCUT2D eigenvalue weighted by molar-refractivity contribution is -0.144. The number of hydrazine groups is 1. The highest BCUT2D eigenvalue weighted by Gasteiger charge is 2.38. The highest BCUT2D eigenvalue weighted by molar-refractivity contribution is 5.92. The summed E-state index contributed by atoms with van der Waals surface area (Å²) in [6.45, 7) is 1.34. The van der Waals surface area contributed by atoms with E-state index >= 15 is 0 Å². The Bertz CT molecular complexity index is 788. The van der Waals surface area contributed by atoms with Crippen molar-refractivity contribution in [2.24, 2.45) is 13.0 Å². The van der Waals surface area contributed by atoms with Crippen molar-refractivity contribution in [3.8, 4) is 0 Å². The molecule has 3 unspecified atom stereocenters. The quantitative estimate of drug-likeness (QED) is 0.603. The summed E-state index contributed by atoms with van der Waals surface area (Å²) in [4.78, 5) is 25.5. The van der Waals surface area contributed by atoms with Crippen LogP contribution in [-0.2, 0) is 11.8 Å². The lowest BCUT2D eigenvalue weighted by atomic mass is 9.96. The first-order chi connectivity index (χ1) is 14.5. The van der Waals surface area contributed by atoms with E-state index in [4.69, 9.17) is 4.74 Å². The molecule has 5 atom stereocenters. The van der Waals surface area contributed by atoms with Crippen LogP contribution < -0.4 is 16.2 Å². The van der Waals surface area contributed by atoms with Gasteiger partial charge in [-0.05, 0) is 38.5 Å². The van der Waals surface area contributed by atoms with Gasteiger partial charge in [0.1, 0.15) is 11.8 Å². The van der Waals surface area contributed by atoms with Gasteiger partial charge in [-0.25, -0.2) is 14.9 Å². The summed E-state index contributed by atoms with van der Waals surface area (Å²) >= 11 is 0. The normalized spacial score (nSPS) is 27.2. The first kappa shape index (κ1) is 23.3. The molecular formula is C18H28F3N7O3. The molecule has 1 saturated heterocycles. The SMILES string of the molecule is CC(CC(F)(F)F)N(C)C(=O)O[C@@H]1CC[C@H](C2CC(NC(=O)c3cnnn3C)NN2)C1. The summed E-state index contributed by atoms with van der Waals surface area (Å²) < 4.78 is 44.5. The Kier molecular flexibility index (Phi) is 7.04. The number of hydrogen-bond donors (Lipinski definition) is 3. The highest BCUT2D eigenvalue weighted by Crippen LogP contribution is 2.33. The van der Waals surface area contributed by atoms with Gasteiger partial charge in [0.2, 0.25) is 0 Å². The molecule has 3 N–H and O–H groups in total. The second-order valence-corrected chi connectivity index (χ2v) is 8.26. The number of carbonyl (C=O) groups is 2. The average molecular weight is 447 g/mol. The molecule has 174 valence electrons. The molecule has 0 aromatic carbocycles. The molecule has 2 heterocycles. The number of hydrogen-bond acceptors (Lipinski definition) is 7. The van der Waals surface area contributed by atoms with E-state index in [2.05, 4.69) is 26.5 Å². The molecule has 31 heavy (non-hydrogen) atoms. The van der Waals surface area contributed by atoms with Crippen molar-refractivity contribution in [2.45, 2.75) is 69.6 Å². The van der Waals surface area contributed by atoms with E-state index in [1.165, 1.54) is 24.9 Å². The van der Waals surface area contributed by atoms with E-state index in [1.807, 2.05) is 0 Å². The van der Waals surface area contributed by atoms with Gasteiger partial charge in [-0.15, -0.1) is 5.10 Å². The molecule has 0 bridgehead atoms. The van der Waals surface area contributed by atoms with Crippen LogP contribution in [0.4, 0.5) is 18.0 Å². The summed E-state index contributed by atoms with van der Waals surface area (Å²) in [6, 6.07) is -0.926. The number of aryl methyl sites for hydroxylation is 1. The second-order valence-electron chi connectivity index (χ2n) is 8.26. The minimum atomic E-state index is -4.34. The van der Waals surface area contributed by atoms with Crippen molar-refractivity contribution in [3.05, 3.63) is 11.9 Å². The number of rotatable bonds is 6. The second kappa shape index (κ2) is 9.39. The van der Waals surface area contributed by atoms with E-state index in [9.17, 15) is 22.8 Å². The Balaban J connectivity index is 1.43. The van der Waals surface area contributed by atoms with Gasteiger partial charge >= 0.3 is 12.3 Å². The molecule has 2 amide bonds. The van der Waals surface area contributed by atoms with E-state index in [1.54, 1.807) is 7.05 Å². The predicted octanol–water partition coefficient (Wildman–Crippen LogP) is 1.32. The first-order valence-electron chi connectivity index (χ1n) is 10.2. The van der Waals surface area contributed by atoms with Gasteiger partial charge in [0.25, 0.3) is 5.91 Å². The van der Waals surface area contributed by atoms with Crippen molar-refractivity contribution < 1.29 is 27.5 Å². The number of nitrogens with zero attached hydrogens (tertiary/aromatic N) is 4. The zero-order chi connectivity index (χ0) is 22.8. The Labute approximate surface area is 177 Å². The average Bonchev–Trinajstić information content (AvgIpc) is 3.40. The van der Waals surface area contributed by atoms with Crippen LogP contribution in [0.25, 0.3) is 0 Å². The largest absolute Gasteiger partial charge is 0.446 e. The monoisotopic (exact) mass is 447 g/mol. The molecular weight excluding hydrogens is 419 g/mol. The molecule has 2 fully saturated rings. The third kappa shape index (κ3) is 6.06. The molecule has 1 aliphatic heterocycles. The van der Waals surface area contributed by atoms with Crippen LogP contribution in [0, 0.1) is 5.92 Å². The number of carbonyl (C=O) groups excluding carboxylic acids is 2. The zero-order valence-electron chi connectivity index (χ0n) is 17.6. The maximum Gasteiger partial charge on any atom is 0.410 e. The number of ether oxygens (including phenoxy) is 1. The predicted molar refractivity (Wildman–Crippen MR) is 102 cm³/mol. The van der Waals surface area contributed by atoms with Crippen molar-refractivity contribution in [2.75, 3.05) is 7.05 Å². The number of aromatic nitrogens is 3. The minimum Gasteiger partial charge on any atom is -0.446 e. The molecule has 10 nitrogen and oxygen atoms in total. The van der Waals surface area contributed by atoms with Crippen LogP contribution in [0.5, 0.6) is 0 Å². The van der Waals surface area contributed by atoms with Gasteiger partial charge in [0, 0.05) is 26.2 Å². The van der Waals surface area contributed by atoms with E-state index < -0.39 is 24.7 Å². The molecule has 3 rings (SSSR count). The maximum atomic E-state index is 12.5. The smallest absolute Gasteiger partial charge is 0.410 e. The summed E-state index contributed by atoms with van der Waals surface area (Å²) in [5.41, 5.74) is 6.58. The minimum absolute atomic E-state index is 0.0700. The van der Waals surface area contributed by atoms with Crippen molar-refractivity contribution in [3.63, 3.8) is 0 Å². The molecule has 0 radical (unpaired) electrons. The molecule has 2 aliphatic rings. The number of amides is 2. The lowest BCUT2D eigenvalue weighted by Gasteiger charge is -2.26. The van der Waals surface area contributed by atoms with Crippen molar-refractivity contribution >= 4 is 12.0 Å². The van der Waals surface area contributed by atoms with Crippen LogP contribution in [0.3, 0.4) is 0 Å². The van der Waals surface area contributed by atoms with E-state index in [-0.39, 0.29) is 30.1 Å². The molecule has 1 aliphatic carbocycles. The molecule has 0 spiro atoms. The standard InChI is InChI=1S/C18H28F3N7O3/c1-10(8-18(19,20)21)27(2)17(30)31-12-5-4-11(6-12)13-7-15(25-24-13)23-16(29)14-9-22-26-28(14)3/h9-13,15,24-25H,4-8H2,1-3H3,(H,23,29)/t10?,11-,12+,13?,15?/m0/s1. The highest BCUT2D eigenvalue weighted by atomic mass is 19.4. The Morgan fingerprint density at radius 1 is 1.35 bits per heavy atom. The fourth-order valence-electron chi connectivity index (χ4n) is 4.04. The number of alkyl halides is 3. The number of halogens is 3. The van der Waals surface area contributed by atoms with Crippen LogP contribution in [-0.4, -0.2) is 69.5 Å². The first-order valence-corrected chi connectivity index (χ1v) is 10.2. The van der Waals surface area contributed by atoms with Crippen molar-refractivity contribution in [1.82, 2.24) is 36.1 Å². The Hall–Kier alpha value is -2.41. The summed E-state index contributed by atoms with van der Waals surface area (Å²) in [7, 11) is 2.95. The molecule has 1 aromatic rings. The van der Waals surface area contributed by atoms with Gasteiger partial charge in [-0.2, -0.15) is 13.2 Å². The lowest BCUT2D eigenvalue weighted by Crippen LogP contribution is -2.45. The van der Waals surface area contributed by atoms with Gasteiger partial charge in [-0.1, -0.05) is 5.21 Å². The van der Waals surface area contributed by atoms with Crippen LogP contribution >= 0.6 is 0 Å². The number of nitrogens with one attached hydrogen (secondary N) is 3. The van der Waals surface area contributed by atoms with Crippen LogP contribution in [0.2, 0.25) is 0 Å². The van der Waals surface area contributed by atoms with Crippen LogP contribution in [0.1, 0.15) is 49.5 Å². The molecule has 1 saturated carbocycles. The van der Waals surface area contributed by atoms with Gasteiger partial charge in [-0.3, -0.25) is 10.2 Å². The van der Waals surface area contributed by atoms with Gasteiger partial charge < -0.3 is 15.0 Å². The summed E-state index contributed by atoms with van der Waals surface area (Å²) in [5.74, 6) is -0.0785. The van der Waals surface area contributed by atoms with E-state index in [0.717, 1.165) is 11.3 Å². The fourth-order valence-corrected chi connectivity index (χ4v) is 4.04. The van der Waals surface area contributed by atoms with Crippen LogP contribution in [0.15, 0.2) is 6.20 Å². The maximum absolute atomic E-state index is 12.5. The summed E-state index contributed by atoms with van der Waals surface area (Å²) in [5, 5.41) is 10.3. The van der Waals surface area contributed by atoms with Gasteiger partial charge in [0.05, 0.1) is 18.8 Å². The Morgan fingerprint density at radius 3 is 2.74 bits per heavy atom. The third-order valence-corrected chi connectivity index (χ3v) is 5.92. The topological polar surface area (TPSA) is 113 Å². The van der Waals surface area contributed by atoms with Crippen molar-refractivity contribution in [1.29, 1.82) is 0 Å². The Morgan fingerprint density at radius 2 is 2.10 bits per heavy atom. The van der Waals surface area contributed by atoms with E-state index in [0.29, 0.717) is 25.0 Å². The molecule has 1 aromatic heterocycles. The third-order valence-electron chi connectivity index (χ3n) is 5.92. The molecule has 13 heteroatoms.